The average Bonchev–Trinajstić information content (AvgIpc) is 3.58. The lowest BCUT2D eigenvalue weighted by molar-refractivity contribution is -0.132. The Morgan fingerprint density at radius 3 is 2.56 bits per heavy atom. The third-order valence-electron chi connectivity index (χ3n) is 6.72. The van der Waals surface area contributed by atoms with E-state index in [4.69, 9.17) is 32.7 Å². The third kappa shape index (κ3) is 6.83. The molecule has 0 bridgehead atoms. The van der Waals surface area contributed by atoms with E-state index in [1.54, 1.807) is 54.6 Å². The molecule has 1 unspecified atom stereocenters. The molecule has 1 aromatic heterocycles. The fraction of sp³-hybridized carbons (Fsp3) is 0.226. The fourth-order valence-electron chi connectivity index (χ4n) is 4.49. The van der Waals surface area contributed by atoms with Crippen molar-refractivity contribution in [2.45, 2.75) is 35.9 Å². The molecule has 1 aliphatic rings. The van der Waals surface area contributed by atoms with Gasteiger partial charge in [0.1, 0.15) is 17.3 Å². The third-order valence-corrected chi connectivity index (χ3v) is 9.41. The molecule has 8 nitrogen and oxygen atoms in total. The van der Waals surface area contributed by atoms with Crippen molar-refractivity contribution in [3.05, 3.63) is 99.0 Å². The predicted molar refractivity (Wildman–Crippen MR) is 171 cm³/mol. The van der Waals surface area contributed by atoms with Crippen LogP contribution >= 0.6 is 46.3 Å². The number of methoxy groups -OCH3 is 1. The normalized spacial score (nSPS) is 16.1. The number of unbranched alkanes of at least 4 members (excludes halogenated alkanes) is 1. The van der Waals surface area contributed by atoms with Crippen LogP contribution in [0.25, 0.3) is 5.76 Å². The molecule has 1 atom stereocenters. The molecule has 3 aromatic carbocycles. The number of rotatable bonds is 11. The van der Waals surface area contributed by atoms with Crippen LogP contribution in [0.4, 0.5) is 5.13 Å². The van der Waals surface area contributed by atoms with E-state index in [-0.39, 0.29) is 16.5 Å². The van der Waals surface area contributed by atoms with Crippen molar-refractivity contribution in [1.29, 1.82) is 0 Å². The number of aliphatic hydroxyl groups is 1. The molecule has 1 saturated heterocycles. The maximum absolute atomic E-state index is 13.6. The van der Waals surface area contributed by atoms with E-state index in [9.17, 15) is 14.7 Å². The summed E-state index contributed by atoms with van der Waals surface area (Å²) in [6, 6.07) is 18.1. The van der Waals surface area contributed by atoms with Crippen molar-refractivity contribution >= 4 is 68.9 Å². The van der Waals surface area contributed by atoms with Gasteiger partial charge in [-0.2, -0.15) is 0 Å². The zero-order chi connectivity index (χ0) is 30.5. The first-order chi connectivity index (χ1) is 20.8. The van der Waals surface area contributed by atoms with Crippen LogP contribution in [0.2, 0.25) is 10.0 Å². The molecule has 1 fully saturated rings. The second-order valence-electron chi connectivity index (χ2n) is 9.55. The van der Waals surface area contributed by atoms with Gasteiger partial charge >= 0.3 is 5.91 Å². The molecular weight excluding hydrogens is 629 g/mol. The first-order valence-electron chi connectivity index (χ1n) is 13.4. The number of halogens is 2. The van der Waals surface area contributed by atoms with Gasteiger partial charge in [0.15, 0.2) is 4.34 Å². The number of hydrogen-bond donors (Lipinski definition) is 1. The topological polar surface area (TPSA) is 102 Å². The minimum absolute atomic E-state index is 0.0572. The molecule has 1 aliphatic heterocycles. The standard InChI is InChI=1S/C31H27Cl2N3O5S2/c1-3-4-14-41-23-7-5-6-19(15-23)26-25(27(37)18-9-12-22(40-2)13-10-18)28(38)29(39)36(26)30-34-35-31(43-30)42-17-20-8-11-21(32)16-24(20)33/h5-13,15-16,26,37H,3-4,14,17H2,1-2H3. The van der Waals surface area contributed by atoms with Crippen molar-refractivity contribution in [3.63, 3.8) is 0 Å². The number of hydrogen-bond acceptors (Lipinski definition) is 9. The van der Waals surface area contributed by atoms with Gasteiger partial charge in [-0.05, 0) is 66.1 Å². The number of carbonyl (C=O) groups is 2. The van der Waals surface area contributed by atoms with Gasteiger partial charge < -0.3 is 14.6 Å². The van der Waals surface area contributed by atoms with Gasteiger partial charge in [-0.3, -0.25) is 14.5 Å². The van der Waals surface area contributed by atoms with Gasteiger partial charge in [0.2, 0.25) is 5.13 Å². The summed E-state index contributed by atoms with van der Waals surface area (Å²) in [5, 5.41) is 21.3. The summed E-state index contributed by atoms with van der Waals surface area (Å²) in [6.07, 6.45) is 1.86. The number of nitrogens with zero attached hydrogens (tertiary/aromatic N) is 3. The van der Waals surface area contributed by atoms with Gasteiger partial charge in [-0.25, -0.2) is 0 Å². The van der Waals surface area contributed by atoms with Crippen LogP contribution in [-0.4, -0.2) is 40.7 Å². The molecule has 1 N–H and O–H groups in total. The number of carbonyl (C=O) groups excluding carboxylic acids is 2. The second kappa shape index (κ2) is 13.8. The van der Waals surface area contributed by atoms with Crippen LogP contribution in [0.3, 0.4) is 0 Å². The van der Waals surface area contributed by atoms with Crippen LogP contribution in [0, 0.1) is 0 Å². The average molecular weight is 657 g/mol. The number of amides is 1. The van der Waals surface area contributed by atoms with Crippen molar-refractivity contribution in [1.82, 2.24) is 10.2 Å². The molecule has 5 rings (SSSR count). The lowest BCUT2D eigenvalue weighted by Gasteiger charge is -2.23. The monoisotopic (exact) mass is 655 g/mol. The highest BCUT2D eigenvalue weighted by Crippen LogP contribution is 2.45. The molecule has 222 valence electrons. The lowest BCUT2D eigenvalue weighted by Crippen LogP contribution is -2.29. The SMILES string of the molecule is CCCCOc1cccc(C2C(=C(O)c3ccc(OC)cc3)C(=O)C(=O)N2c2nnc(SCc3ccc(Cl)cc3Cl)s2)c1. The minimum Gasteiger partial charge on any atom is -0.507 e. The number of aliphatic hydroxyl groups excluding tert-OH is 1. The molecule has 0 aliphatic carbocycles. The second-order valence-corrected chi connectivity index (χ2v) is 12.6. The van der Waals surface area contributed by atoms with Crippen molar-refractivity contribution in [3.8, 4) is 11.5 Å². The summed E-state index contributed by atoms with van der Waals surface area (Å²) in [7, 11) is 1.54. The number of anilines is 1. The maximum atomic E-state index is 13.6. The van der Waals surface area contributed by atoms with Crippen LogP contribution in [0.15, 0.2) is 76.6 Å². The van der Waals surface area contributed by atoms with Gasteiger partial charge in [0.25, 0.3) is 5.78 Å². The number of ether oxygens (including phenoxy) is 2. The molecule has 1 amide bonds. The van der Waals surface area contributed by atoms with Gasteiger partial charge in [-0.1, -0.05) is 77.8 Å². The molecule has 0 radical (unpaired) electrons. The number of Topliss-reactive ketones (excluding diaryl/α,β-unsaturated/α-hetero) is 1. The summed E-state index contributed by atoms with van der Waals surface area (Å²) < 4.78 is 11.7. The lowest BCUT2D eigenvalue weighted by atomic mass is 9.95. The van der Waals surface area contributed by atoms with Crippen LogP contribution in [0.1, 0.15) is 42.5 Å². The Morgan fingerprint density at radius 1 is 1.05 bits per heavy atom. The molecule has 2 heterocycles. The zero-order valence-electron chi connectivity index (χ0n) is 23.3. The highest BCUT2D eigenvalue weighted by Gasteiger charge is 2.48. The van der Waals surface area contributed by atoms with E-state index < -0.39 is 17.7 Å². The van der Waals surface area contributed by atoms with E-state index in [2.05, 4.69) is 17.1 Å². The Bertz CT molecular complexity index is 1680. The molecule has 43 heavy (non-hydrogen) atoms. The largest absolute Gasteiger partial charge is 0.507 e. The Morgan fingerprint density at radius 2 is 1.84 bits per heavy atom. The summed E-state index contributed by atoms with van der Waals surface area (Å²) >= 11 is 14.9. The van der Waals surface area contributed by atoms with Crippen LogP contribution < -0.4 is 14.4 Å². The van der Waals surface area contributed by atoms with Gasteiger partial charge in [0.05, 0.1) is 25.3 Å². The van der Waals surface area contributed by atoms with Crippen molar-refractivity contribution in [2.75, 3.05) is 18.6 Å². The van der Waals surface area contributed by atoms with E-state index >= 15 is 0 Å². The maximum Gasteiger partial charge on any atom is 0.301 e. The summed E-state index contributed by atoms with van der Waals surface area (Å²) in [5.74, 6) is -0.263. The fourth-order valence-corrected chi connectivity index (χ4v) is 6.92. The Labute approximate surface area is 267 Å². The predicted octanol–water partition coefficient (Wildman–Crippen LogP) is 7.95. The zero-order valence-corrected chi connectivity index (χ0v) is 26.4. The first-order valence-corrected chi connectivity index (χ1v) is 15.9. The number of aromatic nitrogens is 2. The van der Waals surface area contributed by atoms with Gasteiger partial charge in [0, 0.05) is 21.4 Å². The highest BCUT2D eigenvalue weighted by molar-refractivity contribution is 8.00. The number of benzene rings is 3. The highest BCUT2D eigenvalue weighted by atomic mass is 35.5. The summed E-state index contributed by atoms with van der Waals surface area (Å²) in [5.41, 5.74) is 1.76. The number of thioether (sulfide) groups is 1. The van der Waals surface area contributed by atoms with Crippen LogP contribution in [-0.2, 0) is 15.3 Å². The quantitative estimate of drug-likeness (QED) is 0.0434. The summed E-state index contributed by atoms with van der Waals surface area (Å²) in [4.78, 5) is 28.4. The van der Waals surface area contributed by atoms with E-state index in [0.29, 0.717) is 49.4 Å². The van der Waals surface area contributed by atoms with Gasteiger partial charge in [-0.15, -0.1) is 10.2 Å². The van der Waals surface area contributed by atoms with Crippen molar-refractivity contribution < 1.29 is 24.2 Å². The first kappa shape index (κ1) is 30.9. The molecule has 4 aromatic rings. The Hall–Kier alpha value is -3.57. The Kier molecular flexibility index (Phi) is 9.92. The van der Waals surface area contributed by atoms with E-state index in [1.165, 1.54) is 35.1 Å². The molecular formula is C31H27Cl2N3O5S2. The Balaban J connectivity index is 1.53. The molecule has 0 saturated carbocycles. The number of ketones is 1. The smallest absolute Gasteiger partial charge is 0.301 e. The van der Waals surface area contributed by atoms with Crippen LogP contribution in [0.5, 0.6) is 11.5 Å². The summed E-state index contributed by atoms with van der Waals surface area (Å²) in [6.45, 7) is 2.60. The van der Waals surface area contributed by atoms with Crippen molar-refractivity contribution in [2.24, 2.45) is 0 Å². The van der Waals surface area contributed by atoms with E-state index in [0.717, 1.165) is 18.4 Å². The molecule has 0 spiro atoms. The minimum atomic E-state index is -0.965. The molecule has 12 heteroatoms. The van der Waals surface area contributed by atoms with E-state index in [1.807, 2.05) is 12.1 Å².